The van der Waals surface area contributed by atoms with Crippen LogP contribution in [0.2, 0.25) is 0 Å². The molecule has 0 aromatic heterocycles. The van der Waals surface area contributed by atoms with Gasteiger partial charge in [-0.1, -0.05) is 6.58 Å². The van der Waals surface area contributed by atoms with Crippen LogP contribution in [-0.2, 0) is 15.5 Å². The zero-order valence-electron chi connectivity index (χ0n) is 5.79. The van der Waals surface area contributed by atoms with Gasteiger partial charge in [-0.15, -0.1) is 0 Å². The number of hydrogen-bond donors (Lipinski definition) is 1. The second-order valence-corrected chi connectivity index (χ2v) is 3.12. The zero-order valence-corrected chi connectivity index (χ0v) is 6.69. The van der Waals surface area contributed by atoms with E-state index in [0.717, 1.165) is 0 Å². The Balaban J connectivity index is 3.71. The van der Waals surface area contributed by atoms with Crippen LogP contribution in [0.15, 0.2) is 12.2 Å². The molecule has 0 spiro atoms. The molecule has 0 N–H and O–H groups in total. The first-order valence-corrected chi connectivity index (χ1v) is 4.21. The second-order valence-electron chi connectivity index (χ2n) is 2.01. The number of hydrogen-bond acceptors (Lipinski definition) is 3. The van der Waals surface area contributed by atoms with Crippen LogP contribution in [0.1, 0.15) is 13.3 Å². The van der Waals surface area contributed by atoms with Crippen molar-refractivity contribution < 1.29 is 13.2 Å². The maximum absolute atomic E-state index is 10.7. The molecule has 0 aliphatic carbocycles. The predicted octanol–water partition coefficient (Wildman–Crippen LogP) is 0.133. The fraction of sp³-hybridized carbons (Fsp3) is 0.500. The van der Waals surface area contributed by atoms with Gasteiger partial charge in [0, 0.05) is 6.42 Å². The summed E-state index contributed by atoms with van der Waals surface area (Å²) in [7, 11) is -2.42. The molecule has 3 nitrogen and oxygen atoms in total. The summed E-state index contributed by atoms with van der Waals surface area (Å²) < 4.78 is 20.0. The molecule has 4 heteroatoms. The SMILES string of the molecule is C=C(C)C(=O)CC[SH](=O)=O. The maximum Gasteiger partial charge on any atom is 0.158 e. The number of carbonyl (C=O) groups is 1. The van der Waals surface area contributed by atoms with E-state index in [-0.39, 0.29) is 18.0 Å². The molecular formula is C6H10O3S. The molecule has 0 rings (SSSR count). The van der Waals surface area contributed by atoms with Gasteiger partial charge < -0.3 is 0 Å². The summed E-state index contributed by atoms with van der Waals surface area (Å²) >= 11 is 0. The van der Waals surface area contributed by atoms with Crippen LogP contribution in [0.3, 0.4) is 0 Å². The minimum atomic E-state index is -2.42. The van der Waals surface area contributed by atoms with Crippen molar-refractivity contribution in [3.63, 3.8) is 0 Å². The van der Waals surface area contributed by atoms with Gasteiger partial charge in [-0.2, -0.15) is 0 Å². The molecule has 0 heterocycles. The van der Waals surface area contributed by atoms with E-state index < -0.39 is 10.7 Å². The summed E-state index contributed by atoms with van der Waals surface area (Å²) in [5, 5.41) is 0. The monoisotopic (exact) mass is 162 g/mol. The molecule has 0 aromatic rings. The van der Waals surface area contributed by atoms with Crippen LogP contribution in [0.4, 0.5) is 0 Å². The van der Waals surface area contributed by atoms with E-state index in [9.17, 15) is 13.2 Å². The van der Waals surface area contributed by atoms with Crippen molar-refractivity contribution in [1.82, 2.24) is 0 Å². The van der Waals surface area contributed by atoms with Gasteiger partial charge in [0.25, 0.3) is 0 Å². The van der Waals surface area contributed by atoms with E-state index in [0.29, 0.717) is 5.57 Å². The number of allylic oxidation sites excluding steroid dienone is 1. The highest BCUT2D eigenvalue weighted by Crippen LogP contribution is 1.94. The number of ketones is 1. The highest BCUT2D eigenvalue weighted by molar-refractivity contribution is 7.72. The molecule has 0 atom stereocenters. The molecule has 0 unspecified atom stereocenters. The topological polar surface area (TPSA) is 51.2 Å². The largest absolute Gasteiger partial charge is 0.295 e. The first-order chi connectivity index (χ1) is 4.54. The van der Waals surface area contributed by atoms with Crippen LogP contribution in [0, 0.1) is 0 Å². The number of Topliss-reactive ketones (excluding diaryl/α,β-unsaturated/α-hetero) is 1. The van der Waals surface area contributed by atoms with Gasteiger partial charge in [-0.25, -0.2) is 8.42 Å². The average Bonchev–Trinajstić information content (AvgIpc) is 1.82. The molecule has 58 valence electrons. The lowest BCUT2D eigenvalue weighted by Crippen LogP contribution is -2.02. The van der Waals surface area contributed by atoms with E-state index in [1.165, 1.54) is 0 Å². The third-order valence-corrected chi connectivity index (χ3v) is 1.59. The Morgan fingerprint density at radius 1 is 1.50 bits per heavy atom. The number of rotatable bonds is 4. The molecule has 0 saturated heterocycles. The Morgan fingerprint density at radius 3 is 2.30 bits per heavy atom. The molecule has 0 bridgehead atoms. The molecule has 0 fully saturated rings. The van der Waals surface area contributed by atoms with Crippen LogP contribution in [0.25, 0.3) is 0 Å². The highest BCUT2D eigenvalue weighted by Gasteiger charge is 2.01. The van der Waals surface area contributed by atoms with Crippen molar-refractivity contribution in [2.75, 3.05) is 5.75 Å². The van der Waals surface area contributed by atoms with Gasteiger partial charge in [-0.3, -0.25) is 4.79 Å². The van der Waals surface area contributed by atoms with E-state index >= 15 is 0 Å². The van der Waals surface area contributed by atoms with Crippen molar-refractivity contribution >= 4 is 16.5 Å². The van der Waals surface area contributed by atoms with Crippen molar-refractivity contribution in [2.24, 2.45) is 0 Å². The van der Waals surface area contributed by atoms with Crippen molar-refractivity contribution in [3.8, 4) is 0 Å². The molecule has 10 heavy (non-hydrogen) atoms. The summed E-state index contributed by atoms with van der Waals surface area (Å²) in [6, 6.07) is 0. The lowest BCUT2D eigenvalue weighted by Gasteiger charge is -1.92. The van der Waals surface area contributed by atoms with E-state index in [2.05, 4.69) is 6.58 Å². The average molecular weight is 162 g/mol. The Kier molecular flexibility index (Phi) is 3.95. The van der Waals surface area contributed by atoms with Crippen molar-refractivity contribution in [2.45, 2.75) is 13.3 Å². The summed E-state index contributed by atoms with van der Waals surface area (Å²) in [6.45, 7) is 4.96. The molecule has 0 aliphatic rings. The smallest absolute Gasteiger partial charge is 0.158 e. The zero-order chi connectivity index (χ0) is 8.15. The molecular weight excluding hydrogens is 152 g/mol. The van der Waals surface area contributed by atoms with Crippen LogP contribution < -0.4 is 0 Å². The maximum atomic E-state index is 10.7. The lowest BCUT2D eigenvalue weighted by molar-refractivity contribution is -0.115. The lowest BCUT2D eigenvalue weighted by atomic mass is 10.2. The van der Waals surface area contributed by atoms with Crippen LogP contribution in [-0.4, -0.2) is 20.0 Å². The minimum Gasteiger partial charge on any atom is -0.295 e. The van der Waals surface area contributed by atoms with Gasteiger partial charge in [0.2, 0.25) is 0 Å². The first kappa shape index (κ1) is 9.36. The Labute approximate surface area is 61.7 Å². The van der Waals surface area contributed by atoms with Crippen LogP contribution >= 0.6 is 0 Å². The summed E-state index contributed by atoms with van der Waals surface area (Å²) in [5.74, 6) is -0.250. The fourth-order valence-corrected chi connectivity index (χ4v) is 0.792. The van der Waals surface area contributed by atoms with Crippen molar-refractivity contribution in [1.29, 1.82) is 0 Å². The highest BCUT2D eigenvalue weighted by atomic mass is 32.2. The van der Waals surface area contributed by atoms with E-state index in [1.807, 2.05) is 0 Å². The number of thiol groups is 1. The third kappa shape index (κ3) is 4.26. The Bertz CT molecular complexity index is 207. The summed E-state index contributed by atoms with van der Waals surface area (Å²) in [5.41, 5.74) is 0.414. The van der Waals surface area contributed by atoms with Gasteiger partial charge in [0.1, 0.15) is 10.7 Å². The van der Waals surface area contributed by atoms with Gasteiger partial charge >= 0.3 is 0 Å². The minimum absolute atomic E-state index is 0.0635. The van der Waals surface area contributed by atoms with Gasteiger partial charge in [0.15, 0.2) is 5.78 Å². The fourth-order valence-electron chi connectivity index (χ4n) is 0.406. The molecule has 0 radical (unpaired) electrons. The molecule has 0 aromatic carbocycles. The van der Waals surface area contributed by atoms with E-state index in [4.69, 9.17) is 0 Å². The quantitative estimate of drug-likeness (QED) is 0.472. The second kappa shape index (κ2) is 4.22. The summed E-state index contributed by atoms with van der Waals surface area (Å²) in [4.78, 5) is 10.7. The standard InChI is InChI=1S/C6H10O3S/c1-5(2)6(7)3-4-10(8)9/h10H,1,3-4H2,2H3. The molecule has 0 saturated carbocycles. The third-order valence-electron chi connectivity index (χ3n) is 0.997. The normalized spacial score (nSPS) is 9.80. The first-order valence-electron chi connectivity index (χ1n) is 2.84. The van der Waals surface area contributed by atoms with Crippen molar-refractivity contribution in [3.05, 3.63) is 12.2 Å². The predicted molar refractivity (Wildman–Crippen MR) is 39.6 cm³/mol. The number of carbonyl (C=O) groups excluding carboxylic acids is 1. The molecule has 0 aliphatic heterocycles. The molecule has 0 amide bonds. The van der Waals surface area contributed by atoms with E-state index in [1.54, 1.807) is 6.92 Å². The summed E-state index contributed by atoms with van der Waals surface area (Å²) in [6.07, 6.45) is 0.0635. The van der Waals surface area contributed by atoms with Gasteiger partial charge in [0.05, 0.1) is 5.75 Å². The Morgan fingerprint density at radius 2 is 2.00 bits per heavy atom. The van der Waals surface area contributed by atoms with Gasteiger partial charge in [-0.05, 0) is 12.5 Å². The van der Waals surface area contributed by atoms with Crippen LogP contribution in [0.5, 0.6) is 0 Å². The Hall–Kier alpha value is -0.640.